The molecule has 0 heterocycles. The lowest BCUT2D eigenvalue weighted by Crippen LogP contribution is -3.12. The zero-order chi connectivity index (χ0) is 19.9. The van der Waals surface area contributed by atoms with Crippen LogP contribution in [0.15, 0.2) is 78.9 Å². The second-order valence-electron chi connectivity index (χ2n) is 7.00. The van der Waals surface area contributed by atoms with Crippen LogP contribution in [0.4, 0.5) is 5.69 Å². The average molecular weight is 375 g/mol. The van der Waals surface area contributed by atoms with Crippen molar-refractivity contribution < 1.29 is 14.4 Å². The minimum Gasteiger partial charge on any atom is -0.497 e. The molecule has 144 valence electrons. The van der Waals surface area contributed by atoms with Crippen molar-refractivity contribution in [2.75, 3.05) is 19.5 Å². The van der Waals surface area contributed by atoms with Gasteiger partial charge in [0, 0.05) is 16.8 Å². The molecule has 0 spiro atoms. The van der Waals surface area contributed by atoms with Crippen molar-refractivity contribution >= 4 is 11.6 Å². The van der Waals surface area contributed by atoms with Crippen molar-refractivity contribution in [3.8, 4) is 16.9 Å². The zero-order valence-electron chi connectivity index (χ0n) is 16.6. The van der Waals surface area contributed by atoms with Crippen LogP contribution in [0.25, 0.3) is 11.1 Å². The van der Waals surface area contributed by atoms with Gasteiger partial charge in [-0.15, -0.1) is 0 Å². The summed E-state index contributed by atoms with van der Waals surface area (Å²) in [7, 11) is 3.70. The van der Waals surface area contributed by atoms with Crippen LogP contribution in [0, 0.1) is 0 Å². The normalized spacial score (nSPS) is 12.8. The van der Waals surface area contributed by atoms with E-state index in [0.29, 0.717) is 0 Å². The summed E-state index contributed by atoms with van der Waals surface area (Å²) in [6.45, 7) is 2.70. The summed E-state index contributed by atoms with van der Waals surface area (Å²) < 4.78 is 5.29. The van der Waals surface area contributed by atoms with E-state index < -0.39 is 0 Å². The summed E-state index contributed by atoms with van der Waals surface area (Å²) in [5.74, 6) is 0.836. The summed E-state index contributed by atoms with van der Waals surface area (Å²) in [6.07, 6.45) is 0. The molecule has 0 aliphatic rings. The van der Waals surface area contributed by atoms with Gasteiger partial charge in [-0.1, -0.05) is 60.7 Å². The van der Waals surface area contributed by atoms with Crippen molar-refractivity contribution in [1.29, 1.82) is 0 Å². The van der Waals surface area contributed by atoms with E-state index in [9.17, 15) is 4.79 Å². The molecule has 0 bridgehead atoms. The predicted octanol–water partition coefficient (Wildman–Crippen LogP) is 3.40. The smallest absolute Gasteiger partial charge is 0.282 e. The van der Waals surface area contributed by atoms with Crippen molar-refractivity contribution in [2.24, 2.45) is 0 Å². The molecule has 2 N–H and O–H groups in total. The molecule has 1 unspecified atom stereocenters. The maximum Gasteiger partial charge on any atom is 0.282 e. The van der Waals surface area contributed by atoms with Crippen molar-refractivity contribution in [3.05, 3.63) is 84.4 Å². The van der Waals surface area contributed by atoms with Crippen LogP contribution < -0.4 is 15.0 Å². The molecule has 4 heteroatoms. The molecule has 0 saturated heterocycles. The van der Waals surface area contributed by atoms with Gasteiger partial charge in [-0.05, 0) is 30.7 Å². The van der Waals surface area contributed by atoms with E-state index in [1.54, 1.807) is 7.11 Å². The van der Waals surface area contributed by atoms with Crippen LogP contribution in [-0.2, 0) is 11.3 Å². The van der Waals surface area contributed by atoms with Crippen LogP contribution in [0.1, 0.15) is 12.5 Å². The van der Waals surface area contributed by atoms with Gasteiger partial charge in [0.2, 0.25) is 0 Å². The Morgan fingerprint density at radius 1 is 1.00 bits per heavy atom. The quantitative estimate of drug-likeness (QED) is 0.665. The Labute approximate surface area is 166 Å². The Bertz CT molecular complexity index is 925. The lowest BCUT2D eigenvalue weighted by Gasteiger charge is -2.22. The molecule has 0 saturated carbocycles. The molecule has 1 amide bonds. The van der Waals surface area contributed by atoms with Gasteiger partial charge >= 0.3 is 0 Å². The number of carbonyl (C=O) groups excluding carboxylic acids is 1. The number of amides is 1. The molecule has 4 nitrogen and oxygen atoms in total. The van der Waals surface area contributed by atoms with Crippen molar-refractivity contribution in [3.63, 3.8) is 0 Å². The van der Waals surface area contributed by atoms with Crippen molar-refractivity contribution in [1.82, 2.24) is 0 Å². The third-order valence-corrected chi connectivity index (χ3v) is 5.02. The first-order chi connectivity index (χ1) is 13.6. The number of hydrogen-bond acceptors (Lipinski definition) is 2. The number of benzene rings is 3. The lowest BCUT2D eigenvalue weighted by atomic mass is 10.0. The highest BCUT2D eigenvalue weighted by molar-refractivity contribution is 5.97. The maximum atomic E-state index is 12.9. The summed E-state index contributed by atoms with van der Waals surface area (Å²) in [4.78, 5) is 14.0. The van der Waals surface area contributed by atoms with E-state index in [0.717, 1.165) is 39.6 Å². The Balaban J connectivity index is 1.71. The molecule has 0 fully saturated rings. The van der Waals surface area contributed by atoms with Crippen LogP contribution in [0.5, 0.6) is 5.75 Å². The van der Waals surface area contributed by atoms with E-state index in [4.69, 9.17) is 4.74 Å². The maximum absolute atomic E-state index is 12.9. The molecule has 0 radical (unpaired) electrons. The zero-order valence-corrected chi connectivity index (χ0v) is 16.6. The summed E-state index contributed by atoms with van der Waals surface area (Å²) in [5.41, 5.74) is 4.08. The lowest BCUT2D eigenvalue weighted by molar-refractivity contribution is -0.907. The fourth-order valence-corrected chi connectivity index (χ4v) is 3.18. The molecule has 0 aliphatic carbocycles. The Morgan fingerprint density at radius 2 is 1.71 bits per heavy atom. The highest BCUT2D eigenvalue weighted by atomic mass is 16.5. The Morgan fingerprint density at radius 3 is 2.46 bits per heavy atom. The summed E-state index contributed by atoms with van der Waals surface area (Å²) >= 11 is 0. The van der Waals surface area contributed by atoms with Gasteiger partial charge < -0.3 is 15.0 Å². The van der Waals surface area contributed by atoms with Crippen LogP contribution in [-0.4, -0.2) is 26.1 Å². The van der Waals surface area contributed by atoms with Crippen LogP contribution >= 0.6 is 0 Å². The molecule has 3 aromatic rings. The van der Waals surface area contributed by atoms with E-state index in [-0.39, 0.29) is 11.9 Å². The molecular weight excluding hydrogens is 348 g/mol. The molecule has 2 atom stereocenters. The van der Waals surface area contributed by atoms with Gasteiger partial charge in [0.15, 0.2) is 6.04 Å². The number of quaternary nitrogens is 1. The minimum atomic E-state index is -0.199. The average Bonchev–Trinajstić information content (AvgIpc) is 2.74. The monoisotopic (exact) mass is 375 g/mol. The van der Waals surface area contributed by atoms with E-state index in [1.165, 1.54) is 0 Å². The van der Waals surface area contributed by atoms with Gasteiger partial charge in [0.05, 0.1) is 14.2 Å². The molecule has 0 aliphatic heterocycles. The molecule has 3 rings (SSSR count). The largest absolute Gasteiger partial charge is 0.497 e. The number of nitrogens with one attached hydrogen (secondary N) is 2. The van der Waals surface area contributed by atoms with Crippen LogP contribution in [0.3, 0.4) is 0 Å². The standard InChI is InChI=1S/C24H26N2O2/c1-18(26(2)17-19-10-9-13-21(16-19)28-3)24(27)25-23-15-8-7-14-22(23)20-11-5-4-6-12-20/h4-16,18H,17H2,1-3H3,(H,25,27)/p+1/t18-/m1/s1. The van der Waals surface area contributed by atoms with Crippen molar-refractivity contribution in [2.45, 2.75) is 19.5 Å². The van der Waals surface area contributed by atoms with Gasteiger partial charge in [0.25, 0.3) is 5.91 Å². The third kappa shape index (κ3) is 4.78. The molecular formula is C24H27N2O2+. The van der Waals surface area contributed by atoms with Gasteiger partial charge in [-0.3, -0.25) is 4.79 Å². The Kier molecular flexibility index (Phi) is 6.45. The first-order valence-electron chi connectivity index (χ1n) is 9.49. The molecule has 0 aromatic heterocycles. The molecule has 28 heavy (non-hydrogen) atoms. The van der Waals surface area contributed by atoms with E-state index in [2.05, 4.69) is 23.5 Å². The Hall–Kier alpha value is -3.11. The number of rotatable bonds is 7. The fourth-order valence-electron chi connectivity index (χ4n) is 3.18. The number of para-hydroxylation sites is 1. The topological polar surface area (TPSA) is 42.8 Å². The fraction of sp³-hybridized carbons (Fsp3) is 0.208. The SMILES string of the molecule is COc1cccc(C[NH+](C)[C@H](C)C(=O)Nc2ccccc2-c2ccccc2)c1. The second-order valence-corrected chi connectivity index (χ2v) is 7.00. The number of likely N-dealkylation sites (N-methyl/N-ethyl adjacent to an activating group) is 1. The first-order valence-corrected chi connectivity index (χ1v) is 9.49. The van der Waals surface area contributed by atoms with Gasteiger partial charge in [0.1, 0.15) is 12.3 Å². The first kappa shape index (κ1) is 19.6. The summed E-state index contributed by atoms with van der Waals surface area (Å²) in [5, 5.41) is 3.11. The van der Waals surface area contributed by atoms with Crippen LogP contribution in [0.2, 0.25) is 0 Å². The van der Waals surface area contributed by atoms with Gasteiger partial charge in [-0.2, -0.15) is 0 Å². The summed E-state index contributed by atoms with van der Waals surface area (Å²) in [6, 6.07) is 25.8. The highest BCUT2D eigenvalue weighted by Crippen LogP contribution is 2.27. The number of carbonyl (C=O) groups is 1. The highest BCUT2D eigenvalue weighted by Gasteiger charge is 2.23. The second kappa shape index (κ2) is 9.20. The number of anilines is 1. The van der Waals surface area contributed by atoms with E-state index in [1.807, 2.05) is 74.6 Å². The van der Waals surface area contributed by atoms with E-state index >= 15 is 0 Å². The van der Waals surface area contributed by atoms with Gasteiger partial charge in [-0.25, -0.2) is 0 Å². The molecule has 3 aromatic carbocycles. The minimum absolute atomic E-state index is 0.00350. The third-order valence-electron chi connectivity index (χ3n) is 5.02. The number of ether oxygens (including phenoxy) is 1. The number of hydrogen-bond donors (Lipinski definition) is 2. The number of methoxy groups -OCH3 is 1. The predicted molar refractivity (Wildman–Crippen MR) is 114 cm³/mol.